The largest absolute Gasteiger partial charge is 0.417 e. The number of benzene rings is 1. The first-order chi connectivity index (χ1) is 18.0. The minimum Gasteiger partial charge on any atom is -0.387 e. The van der Waals surface area contributed by atoms with E-state index in [1.54, 1.807) is 7.05 Å². The number of ether oxygens (including phenoxy) is 1. The smallest absolute Gasteiger partial charge is 0.387 e. The number of carbonyl (C=O) groups excluding carboxylic acids is 1. The average molecular weight is 559 g/mol. The van der Waals surface area contributed by atoms with Crippen molar-refractivity contribution < 1.29 is 32.9 Å². The fourth-order valence-electron chi connectivity index (χ4n) is 4.11. The molecule has 4 atom stereocenters. The Balaban J connectivity index is 1.23. The molecular weight excluding hydrogens is 533 g/mol. The molecule has 0 unspecified atom stereocenters. The standard InChI is InChI=1S/C22H26ClF3N8O4/c1-33(6-2-5-28-21(37)32-11-3-4-13(23)12(7-11)22(24,25)26)8-14-16(35)17(36)20(38-14)34-10-31-15-18(27)29-9-30-19(15)34/h3-4,7,9-10,14,16-17,20,35-36H,2,5-6,8H2,1H3,(H2,27,29,30)(H2,28,32,37)/t14-,16-,17-,20-/m1/s1. The lowest BCUT2D eigenvalue weighted by Gasteiger charge is -2.22. The van der Waals surface area contributed by atoms with E-state index in [0.717, 1.165) is 12.1 Å². The molecule has 0 bridgehead atoms. The summed E-state index contributed by atoms with van der Waals surface area (Å²) in [7, 11) is 1.78. The Hall–Kier alpha value is -3.24. The summed E-state index contributed by atoms with van der Waals surface area (Å²) in [4.78, 5) is 26.1. The van der Waals surface area contributed by atoms with Gasteiger partial charge in [0, 0.05) is 18.8 Å². The second kappa shape index (κ2) is 11.2. The minimum absolute atomic E-state index is 0.0448. The molecule has 1 aromatic carbocycles. The number of nitrogens with one attached hydrogen (secondary N) is 2. The number of urea groups is 1. The highest BCUT2D eigenvalue weighted by atomic mass is 35.5. The zero-order valence-electron chi connectivity index (χ0n) is 20.1. The van der Waals surface area contributed by atoms with Crippen molar-refractivity contribution in [3.63, 3.8) is 0 Å². The number of rotatable bonds is 8. The van der Waals surface area contributed by atoms with Crippen LogP contribution >= 0.6 is 11.6 Å². The SMILES string of the molecule is CN(CCCNC(=O)Nc1ccc(Cl)c(C(F)(F)F)c1)C[C@H]1O[C@@H](n2cnc3c(N)ncnc32)[C@H](O)[C@@H]1O. The van der Waals surface area contributed by atoms with Crippen LogP contribution in [0.1, 0.15) is 18.2 Å². The molecule has 0 aliphatic carbocycles. The Morgan fingerprint density at radius 1 is 1.26 bits per heavy atom. The molecule has 6 N–H and O–H groups in total. The third-order valence-electron chi connectivity index (χ3n) is 6.02. The lowest BCUT2D eigenvalue weighted by atomic mass is 10.1. The van der Waals surface area contributed by atoms with Gasteiger partial charge in [0.15, 0.2) is 17.7 Å². The number of imidazole rings is 1. The first kappa shape index (κ1) is 27.8. The predicted octanol–water partition coefficient (Wildman–Crippen LogP) is 1.84. The van der Waals surface area contributed by atoms with Crippen molar-refractivity contribution in [3.05, 3.63) is 41.4 Å². The van der Waals surface area contributed by atoms with E-state index < -0.39 is 47.3 Å². The number of carbonyl (C=O) groups is 1. The van der Waals surface area contributed by atoms with E-state index in [-0.39, 0.29) is 24.6 Å². The summed E-state index contributed by atoms with van der Waals surface area (Å²) >= 11 is 5.58. The van der Waals surface area contributed by atoms with Crippen LogP contribution in [0.4, 0.5) is 29.5 Å². The van der Waals surface area contributed by atoms with E-state index in [0.29, 0.717) is 24.1 Å². The summed E-state index contributed by atoms with van der Waals surface area (Å²) in [5.74, 6) is 0.180. The van der Waals surface area contributed by atoms with Crippen molar-refractivity contribution in [2.45, 2.75) is 37.1 Å². The summed E-state index contributed by atoms with van der Waals surface area (Å²) < 4.78 is 46.3. The van der Waals surface area contributed by atoms with Gasteiger partial charge >= 0.3 is 12.2 Å². The number of likely N-dealkylation sites (N-methyl/N-ethyl adjacent to an activating group) is 1. The van der Waals surface area contributed by atoms with Crippen LogP contribution in [0.3, 0.4) is 0 Å². The van der Waals surface area contributed by atoms with Crippen molar-refractivity contribution in [2.24, 2.45) is 0 Å². The van der Waals surface area contributed by atoms with Gasteiger partial charge in [0.2, 0.25) is 0 Å². The molecule has 2 aromatic heterocycles. The Bertz CT molecular complexity index is 1290. The zero-order valence-corrected chi connectivity index (χ0v) is 20.8. The van der Waals surface area contributed by atoms with Crippen LogP contribution in [0.25, 0.3) is 11.2 Å². The number of aromatic nitrogens is 4. The van der Waals surface area contributed by atoms with Crippen LogP contribution in [0, 0.1) is 0 Å². The molecule has 4 rings (SSSR count). The molecule has 1 aliphatic heterocycles. The molecule has 3 heterocycles. The van der Waals surface area contributed by atoms with Gasteiger partial charge in [-0.1, -0.05) is 11.6 Å². The van der Waals surface area contributed by atoms with Crippen molar-refractivity contribution in [3.8, 4) is 0 Å². The van der Waals surface area contributed by atoms with Gasteiger partial charge in [0.25, 0.3) is 0 Å². The monoisotopic (exact) mass is 558 g/mol. The minimum atomic E-state index is -4.64. The highest BCUT2D eigenvalue weighted by Crippen LogP contribution is 2.36. The average Bonchev–Trinajstić information content (AvgIpc) is 3.40. The number of aliphatic hydroxyl groups is 2. The highest BCUT2D eigenvalue weighted by Gasteiger charge is 2.44. The number of aliphatic hydroxyl groups excluding tert-OH is 2. The maximum atomic E-state index is 13.0. The van der Waals surface area contributed by atoms with E-state index in [1.165, 1.54) is 23.3 Å². The van der Waals surface area contributed by atoms with Gasteiger partial charge in [-0.2, -0.15) is 13.2 Å². The molecule has 16 heteroatoms. The van der Waals surface area contributed by atoms with E-state index in [9.17, 15) is 28.2 Å². The molecule has 1 aliphatic rings. The van der Waals surface area contributed by atoms with E-state index in [1.807, 2.05) is 4.90 Å². The van der Waals surface area contributed by atoms with Gasteiger partial charge in [-0.15, -0.1) is 0 Å². The van der Waals surface area contributed by atoms with Gasteiger partial charge < -0.3 is 36.2 Å². The topological polar surface area (TPSA) is 164 Å². The molecule has 1 fully saturated rings. The predicted molar refractivity (Wildman–Crippen MR) is 131 cm³/mol. The van der Waals surface area contributed by atoms with Gasteiger partial charge in [-0.25, -0.2) is 19.7 Å². The van der Waals surface area contributed by atoms with E-state index in [2.05, 4.69) is 25.6 Å². The van der Waals surface area contributed by atoms with E-state index >= 15 is 0 Å². The van der Waals surface area contributed by atoms with Gasteiger partial charge in [-0.3, -0.25) is 4.57 Å². The molecule has 206 valence electrons. The Morgan fingerprint density at radius 3 is 2.76 bits per heavy atom. The van der Waals surface area contributed by atoms with Crippen molar-refractivity contribution in [2.75, 3.05) is 37.7 Å². The third kappa shape index (κ3) is 6.07. The fourth-order valence-corrected chi connectivity index (χ4v) is 4.34. The van der Waals surface area contributed by atoms with Gasteiger partial charge in [0.1, 0.15) is 30.2 Å². The van der Waals surface area contributed by atoms with Crippen molar-refractivity contribution in [1.29, 1.82) is 0 Å². The molecule has 2 amide bonds. The summed E-state index contributed by atoms with van der Waals surface area (Å²) in [5, 5.41) is 25.6. The van der Waals surface area contributed by atoms with Gasteiger partial charge in [0.05, 0.1) is 16.9 Å². The summed E-state index contributed by atoms with van der Waals surface area (Å²) in [6, 6.07) is 2.43. The number of hydrogen-bond donors (Lipinski definition) is 5. The summed E-state index contributed by atoms with van der Waals surface area (Å²) in [6.45, 7) is 0.998. The second-order valence-electron chi connectivity index (χ2n) is 8.82. The fraction of sp³-hybridized carbons (Fsp3) is 0.455. The number of fused-ring (bicyclic) bond motifs is 1. The molecule has 0 radical (unpaired) electrons. The number of nitrogen functional groups attached to an aromatic ring is 1. The highest BCUT2D eigenvalue weighted by molar-refractivity contribution is 6.31. The maximum absolute atomic E-state index is 13.0. The zero-order chi connectivity index (χ0) is 27.6. The molecule has 1 saturated heterocycles. The Labute approximate surface area is 219 Å². The summed E-state index contributed by atoms with van der Waals surface area (Å²) in [5.41, 5.74) is 5.43. The number of nitrogens with zero attached hydrogens (tertiary/aromatic N) is 5. The number of anilines is 2. The van der Waals surface area contributed by atoms with E-state index in [4.69, 9.17) is 22.1 Å². The van der Waals surface area contributed by atoms with Crippen molar-refractivity contribution >= 4 is 40.3 Å². The Morgan fingerprint density at radius 2 is 2.03 bits per heavy atom. The lowest BCUT2D eigenvalue weighted by molar-refractivity contribution is -0.137. The second-order valence-corrected chi connectivity index (χ2v) is 9.23. The van der Waals surface area contributed by atoms with Crippen LogP contribution in [-0.4, -0.2) is 85.7 Å². The third-order valence-corrected chi connectivity index (χ3v) is 6.35. The number of alkyl halides is 3. The normalized spacial score (nSPS) is 21.8. The van der Waals surface area contributed by atoms with Crippen LogP contribution in [0.5, 0.6) is 0 Å². The molecule has 3 aromatic rings. The van der Waals surface area contributed by atoms with Crippen LogP contribution < -0.4 is 16.4 Å². The summed E-state index contributed by atoms with van der Waals surface area (Å²) in [6.07, 6.45) is -5.54. The first-order valence-corrected chi connectivity index (χ1v) is 11.9. The number of hydrogen-bond acceptors (Lipinski definition) is 9. The van der Waals surface area contributed by atoms with Crippen LogP contribution in [0.15, 0.2) is 30.9 Å². The maximum Gasteiger partial charge on any atom is 0.417 e. The Kier molecular flexibility index (Phi) is 8.22. The number of amides is 2. The van der Waals surface area contributed by atoms with Crippen LogP contribution in [-0.2, 0) is 10.9 Å². The van der Waals surface area contributed by atoms with Crippen LogP contribution in [0.2, 0.25) is 5.02 Å². The first-order valence-electron chi connectivity index (χ1n) is 11.5. The number of nitrogens with two attached hydrogens (primary N) is 1. The van der Waals surface area contributed by atoms with Crippen molar-refractivity contribution in [1.82, 2.24) is 29.7 Å². The molecule has 0 saturated carbocycles. The molecule has 12 nitrogen and oxygen atoms in total. The molecule has 0 spiro atoms. The lowest BCUT2D eigenvalue weighted by Crippen LogP contribution is -2.39. The number of halogens is 4. The quantitative estimate of drug-likeness (QED) is 0.259. The molecule has 38 heavy (non-hydrogen) atoms. The van der Waals surface area contributed by atoms with Gasteiger partial charge in [-0.05, 0) is 38.2 Å². The molecular formula is C22H26ClF3N8O4.